The van der Waals surface area contributed by atoms with Gasteiger partial charge >= 0.3 is 0 Å². The molecule has 0 aliphatic heterocycles. The minimum absolute atomic E-state index is 0.193. The summed E-state index contributed by atoms with van der Waals surface area (Å²) in [6, 6.07) is 0. The standard InChI is InChI=1S/C12H22NP/c1-6-7-8-11(2)9-10-12(3)14(5)13-4/h7-8,13H,2-3,6,9-10H2,1,4-5H3/b8-7+. The lowest BCUT2D eigenvalue weighted by atomic mass is 10.1. The maximum Gasteiger partial charge on any atom is -0.0122 e. The monoisotopic (exact) mass is 211 g/mol. The smallest absolute Gasteiger partial charge is 0.0122 e. The summed E-state index contributed by atoms with van der Waals surface area (Å²) in [6.07, 6.45) is 7.43. The Morgan fingerprint density at radius 1 is 1.36 bits per heavy atom. The van der Waals surface area contributed by atoms with Crippen molar-refractivity contribution < 1.29 is 0 Å². The third kappa shape index (κ3) is 6.12. The van der Waals surface area contributed by atoms with Gasteiger partial charge in [-0.25, -0.2) is 0 Å². The highest BCUT2D eigenvalue weighted by Crippen LogP contribution is 2.37. The van der Waals surface area contributed by atoms with Crippen LogP contribution in [0.5, 0.6) is 0 Å². The molecule has 0 heterocycles. The lowest BCUT2D eigenvalue weighted by Gasteiger charge is -2.13. The molecule has 14 heavy (non-hydrogen) atoms. The average molecular weight is 211 g/mol. The number of hydrogen-bond acceptors (Lipinski definition) is 1. The van der Waals surface area contributed by atoms with E-state index in [0.717, 1.165) is 19.3 Å². The molecule has 0 radical (unpaired) electrons. The summed E-state index contributed by atoms with van der Waals surface area (Å²) >= 11 is 0. The van der Waals surface area contributed by atoms with Crippen molar-refractivity contribution in [3.05, 3.63) is 36.2 Å². The van der Waals surface area contributed by atoms with Gasteiger partial charge in [0, 0.05) is 0 Å². The Labute approximate surface area is 89.8 Å². The van der Waals surface area contributed by atoms with E-state index in [4.69, 9.17) is 0 Å². The summed E-state index contributed by atoms with van der Waals surface area (Å²) in [5.41, 5.74) is 1.20. The molecule has 0 aliphatic carbocycles. The maximum atomic E-state index is 4.08. The van der Waals surface area contributed by atoms with E-state index in [1.807, 2.05) is 7.05 Å². The summed E-state index contributed by atoms with van der Waals surface area (Å²) in [6.45, 7) is 12.4. The van der Waals surface area contributed by atoms with Gasteiger partial charge in [-0.1, -0.05) is 37.8 Å². The van der Waals surface area contributed by atoms with Gasteiger partial charge in [0.25, 0.3) is 0 Å². The Kier molecular flexibility index (Phi) is 7.74. The summed E-state index contributed by atoms with van der Waals surface area (Å²) in [5.74, 6) is 0. The SMILES string of the molecule is C=C(/C=C/CC)CCC(=C)P(C)NC. The fourth-order valence-electron chi connectivity index (χ4n) is 0.999. The quantitative estimate of drug-likeness (QED) is 0.495. The van der Waals surface area contributed by atoms with Gasteiger partial charge in [-0.05, 0) is 46.4 Å². The number of rotatable bonds is 7. The van der Waals surface area contributed by atoms with Crippen LogP contribution in [0.25, 0.3) is 0 Å². The molecule has 0 bridgehead atoms. The van der Waals surface area contributed by atoms with E-state index in [1.165, 1.54) is 10.9 Å². The second kappa shape index (κ2) is 7.96. The molecule has 0 aromatic rings. The molecule has 2 heteroatoms. The second-order valence-electron chi connectivity index (χ2n) is 3.32. The van der Waals surface area contributed by atoms with Crippen LogP contribution in [0.4, 0.5) is 0 Å². The van der Waals surface area contributed by atoms with Crippen LogP contribution in [0, 0.1) is 0 Å². The molecule has 0 spiro atoms. The second-order valence-corrected chi connectivity index (χ2v) is 5.52. The van der Waals surface area contributed by atoms with E-state index in [0.29, 0.717) is 0 Å². The van der Waals surface area contributed by atoms with Crippen molar-refractivity contribution in [1.82, 2.24) is 5.09 Å². The first kappa shape index (κ1) is 13.6. The summed E-state index contributed by atoms with van der Waals surface area (Å²) < 4.78 is 0. The van der Waals surface area contributed by atoms with Crippen LogP contribution in [0.1, 0.15) is 26.2 Å². The Balaban J connectivity index is 3.77. The predicted molar refractivity (Wildman–Crippen MR) is 68.8 cm³/mol. The van der Waals surface area contributed by atoms with Crippen molar-refractivity contribution in [3.63, 3.8) is 0 Å². The normalized spacial score (nSPS) is 13.1. The fraction of sp³-hybridized carbons (Fsp3) is 0.500. The molecular formula is C12H22NP. The van der Waals surface area contributed by atoms with E-state index >= 15 is 0 Å². The van der Waals surface area contributed by atoms with E-state index in [1.54, 1.807) is 0 Å². The van der Waals surface area contributed by atoms with Crippen molar-refractivity contribution in [2.75, 3.05) is 13.7 Å². The van der Waals surface area contributed by atoms with Crippen molar-refractivity contribution in [3.8, 4) is 0 Å². The van der Waals surface area contributed by atoms with Crippen LogP contribution in [-0.2, 0) is 0 Å². The molecular weight excluding hydrogens is 189 g/mol. The lowest BCUT2D eigenvalue weighted by molar-refractivity contribution is 0.991. The summed E-state index contributed by atoms with van der Waals surface area (Å²) in [7, 11) is 1.80. The van der Waals surface area contributed by atoms with Crippen molar-refractivity contribution in [2.45, 2.75) is 26.2 Å². The first-order chi connectivity index (χ1) is 6.61. The minimum Gasteiger partial charge on any atom is -0.296 e. The summed E-state index contributed by atoms with van der Waals surface area (Å²) in [5, 5.41) is 4.56. The maximum absolute atomic E-state index is 4.08. The number of allylic oxidation sites excluding steroid dienone is 4. The molecule has 0 aromatic heterocycles. The zero-order chi connectivity index (χ0) is 11.0. The average Bonchev–Trinajstić information content (AvgIpc) is 2.21. The van der Waals surface area contributed by atoms with Gasteiger partial charge in [0.05, 0.1) is 0 Å². The van der Waals surface area contributed by atoms with Gasteiger partial charge in [-0.3, -0.25) is 5.09 Å². The van der Waals surface area contributed by atoms with E-state index in [2.05, 4.69) is 44.0 Å². The predicted octanol–water partition coefficient (Wildman–Crippen LogP) is 4.05. The topological polar surface area (TPSA) is 12.0 Å². The zero-order valence-corrected chi connectivity index (χ0v) is 10.5. The molecule has 0 rings (SSSR count). The van der Waals surface area contributed by atoms with Crippen LogP contribution in [0.15, 0.2) is 36.2 Å². The Morgan fingerprint density at radius 2 is 2.00 bits per heavy atom. The fourth-order valence-corrected chi connectivity index (χ4v) is 1.76. The number of hydrogen-bond donors (Lipinski definition) is 1. The van der Waals surface area contributed by atoms with E-state index in [9.17, 15) is 0 Å². The molecule has 1 atom stereocenters. The third-order valence-electron chi connectivity index (χ3n) is 2.13. The Morgan fingerprint density at radius 3 is 2.50 bits per heavy atom. The highest BCUT2D eigenvalue weighted by Gasteiger charge is 2.02. The molecule has 0 fully saturated rings. The van der Waals surface area contributed by atoms with Gasteiger partial charge < -0.3 is 0 Å². The van der Waals surface area contributed by atoms with Crippen molar-refractivity contribution >= 4 is 8.07 Å². The first-order valence-corrected chi connectivity index (χ1v) is 6.83. The van der Waals surface area contributed by atoms with Gasteiger partial charge in [-0.15, -0.1) is 0 Å². The molecule has 0 aromatic carbocycles. The Hall–Kier alpha value is -0.390. The molecule has 1 nitrogen and oxygen atoms in total. The van der Waals surface area contributed by atoms with Crippen LogP contribution < -0.4 is 5.09 Å². The van der Waals surface area contributed by atoms with Crippen LogP contribution in [-0.4, -0.2) is 13.7 Å². The van der Waals surface area contributed by atoms with Crippen LogP contribution in [0.3, 0.4) is 0 Å². The number of nitrogens with one attached hydrogen (secondary N) is 1. The van der Waals surface area contributed by atoms with Crippen molar-refractivity contribution in [1.29, 1.82) is 0 Å². The van der Waals surface area contributed by atoms with Gasteiger partial charge in [0.2, 0.25) is 0 Å². The van der Waals surface area contributed by atoms with Crippen LogP contribution in [0.2, 0.25) is 0 Å². The van der Waals surface area contributed by atoms with Gasteiger partial charge in [0.15, 0.2) is 0 Å². The Bertz CT molecular complexity index is 218. The molecule has 80 valence electrons. The van der Waals surface area contributed by atoms with Gasteiger partial charge in [-0.2, -0.15) is 0 Å². The molecule has 1 N–H and O–H groups in total. The lowest BCUT2D eigenvalue weighted by Crippen LogP contribution is -1.97. The third-order valence-corrected chi connectivity index (χ3v) is 3.98. The van der Waals surface area contributed by atoms with E-state index in [-0.39, 0.29) is 8.07 Å². The minimum atomic E-state index is -0.193. The highest BCUT2D eigenvalue weighted by molar-refractivity contribution is 7.59. The molecule has 0 saturated carbocycles. The van der Waals surface area contributed by atoms with Crippen molar-refractivity contribution in [2.24, 2.45) is 0 Å². The van der Waals surface area contributed by atoms with Crippen LogP contribution >= 0.6 is 8.07 Å². The molecule has 0 aliphatic rings. The molecule has 0 amide bonds. The first-order valence-electron chi connectivity index (χ1n) is 5.05. The molecule has 0 saturated heterocycles. The summed E-state index contributed by atoms with van der Waals surface area (Å²) in [4.78, 5) is 0. The highest BCUT2D eigenvalue weighted by atomic mass is 31.1. The largest absolute Gasteiger partial charge is 0.296 e. The molecule has 1 unspecified atom stereocenters. The van der Waals surface area contributed by atoms with Gasteiger partial charge in [0.1, 0.15) is 0 Å². The zero-order valence-electron chi connectivity index (χ0n) is 9.64. The van der Waals surface area contributed by atoms with E-state index < -0.39 is 0 Å².